The second-order valence-electron chi connectivity index (χ2n) is 4.52. The summed E-state index contributed by atoms with van der Waals surface area (Å²) in [5.74, 6) is 5.77. The fourth-order valence-corrected chi connectivity index (χ4v) is 1.34. The van der Waals surface area contributed by atoms with Crippen LogP contribution in [0.4, 0.5) is 0 Å². The Morgan fingerprint density at radius 2 is 1.88 bits per heavy atom. The third kappa shape index (κ3) is 5.55. The van der Waals surface area contributed by atoms with Gasteiger partial charge in [-0.1, -0.05) is 42.2 Å². The Morgan fingerprint density at radius 1 is 1.25 bits per heavy atom. The molecule has 1 N–H and O–H groups in total. The van der Waals surface area contributed by atoms with Crippen molar-refractivity contribution in [2.45, 2.75) is 26.0 Å². The average molecular weight is 217 g/mol. The first-order valence-electron chi connectivity index (χ1n) is 5.42. The van der Waals surface area contributed by atoms with Crippen molar-refractivity contribution in [3.05, 3.63) is 35.9 Å². The van der Waals surface area contributed by atoms with Crippen LogP contribution in [-0.2, 0) is 6.54 Å². The molecule has 0 atom stereocenters. The van der Waals surface area contributed by atoms with Crippen LogP contribution in [0.1, 0.15) is 19.4 Å². The Morgan fingerprint density at radius 3 is 2.44 bits per heavy atom. The zero-order valence-electron chi connectivity index (χ0n) is 10.2. The van der Waals surface area contributed by atoms with E-state index >= 15 is 0 Å². The predicted octanol–water partition coefficient (Wildman–Crippen LogP) is 1.89. The van der Waals surface area contributed by atoms with Crippen LogP contribution in [0.15, 0.2) is 30.3 Å². The molecule has 0 radical (unpaired) electrons. The summed E-state index contributed by atoms with van der Waals surface area (Å²) in [4.78, 5) is 2.12. The Labute approximate surface area is 97.9 Å². The molecule has 86 valence electrons. The minimum absolute atomic E-state index is 0.666. The predicted molar refractivity (Wildman–Crippen MR) is 66.8 cm³/mol. The van der Waals surface area contributed by atoms with Gasteiger partial charge in [-0.3, -0.25) is 4.90 Å². The molecule has 0 unspecified atom stereocenters. The summed E-state index contributed by atoms with van der Waals surface area (Å²) < 4.78 is 0. The number of hydrogen-bond acceptors (Lipinski definition) is 2. The average Bonchev–Trinajstić information content (AvgIpc) is 2.17. The van der Waals surface area contributed by atoms with Gasteiger partial charge in [-0.05, 0) is 26.5 Å². The third-order valence-corrected chi connectivity index (χ3v) is 2.04. The molecule has 0 bridgehead atoms. The van der Waals surface area contributed by atoms with E-state index in [2.05, 4.69) is 28.9 Å². The molecular formula is C14H19NO. The first kappa shape index (κ1) is 12.8. The molecule has 1 aromatic carbocycles. The molecule has 0 spiro atoms. The Bertz CT molecular complexity index is 367. The second-order valence-corrected chi connectivity index (χ2v) is 4.52. The highest BCUT2D eigenvalue weighted by molar-refractivity contribution is 5.15. The van der Waals surface area contributed by atoms with Gasteiger partial charge in [0.2, 0.25) is 0 Å². The van der Waals surface area contributed by atoms with Crippen molar-refractivity contribution in [1.82, 2.24) is 4.90 Å². The van der Waals surface area contributed by atoms with Crippen LogP contribution >= 0.6 is 0 Å². The lowest BCUT2D eigenvalue weighted by atomic mass is 10.1. The normalized spacial score (nSPS) is 11.1. The molecular weight excluding hydrogens is 198 g/mol. The van der Waals surface area contributed by atoms with Crippen molar-refractivity contribution in [2.24, 2.45) is 0 Å². The van der Waals surface area contributed by atoms with Gasteiger partial charge >= 0.3 is 0 Å². The maximum atomic E-state index is 9.43. The van der Waals surface area contributed by atoms with Crippen LogP contribution in [0.25, 0.3) is 0 Å². The minimum Gasteiger partial charge on any atom is -0.378 e. The smallest absolute Gasteiger partial charge is 0.120 e. The quantitative estimate of drug-likeness (QED) is 0.782. The van der Waals surface area contributed by atoms with Crippen LogP contribution < -0.4 is 0 Å². The van der Waals surface area contributed by atoms with E-state index in [0.717, 1.165) is 6.54 Å². The highest BCUT2D eigenvalue weighted by atomic mass is 16.3. The fraction of sp³-hybridized carbons (Fsp3) is 0.429. The van der Waals surface area contributed by atoms with Crippen molar-refractivity contribution in [3.63, 3.8) is 0 Å². The lowest BCUT2D eigenvalue weighted by Crippen LogP contribution is -2.20. The molecule has 16 heavy (non-hydrogen) atoms. The Kier molecular flexibility index (Phi) is 4.54. The largest absolute Gasteiger partial charge is 0.378 e. The van der Waals surface area contributed by atoms with Crippen molar-refractivity contribution < 1.29 is 5.11 Å². The first-order valence-corrected chi connectivity index (χ1v) is 5.42. The van der Waals surface area contributed by atoms with Gasteiger partial charge in [0.05, 0.1) is 6.54 Å². The van der Waals surface area contributed by atoms with E-state index in [1.807, 2.05) is 25.2 Å². The van der Waals surface area contributed by atoms with Gasteiger partial charge in [-0.15, -0.1) is 0 Å². The first-order chi connectivity index (χ1) is 7.47. The van der Waals surface area contributed by atoms with E-state index in [1.165, 1.54) is 5.56 Å². The number of benzene rings is 1. The maximum absolute atomic E-state index is 9.43. The van der Waals surface area contributed by atoms with Crippen molar-refractivity contribution in [3.8, 4) is 11.8 Å². The maximum Gasteiger partial charge on any atom is 0.120 e. The van der Waals surface area contributed by atoms with E-state index < -0.39 is 5.60 Å². The molecule has 1 rings (SSSR count). The molecule has 0 aliphatic rings. The summed E-state index contributed by atoms with van der Waals surface area (Å²) >= 11 is 0. The van der Waals surface area contributed by atoms with Crippen molar-refractivity contribution >= 4 is 0 Å². The summed E-state index contributed by atoms with van der Waals surface area (Å²) in [7, 11) is 2.02. The molecule has 0 saturated heterocycles. The van der Waals surface area contributed by atoms with Crippen LogP contribution in [0.2, 0.25) is 0 Å². The molecule has 2 nitrogen and oxygen atoms in total. The van der Waals surface area contributed by atoms with E-state index in [1.54, 1.807) is 13.8 Å². The van der Waals surface area contributed by atoms with Gasteiger partial charge in [0.25, 0.3) is 0 Å². The fourth-order valence-electron chi connectivity index (χ4n) is 1.34. The topological polar surface area (TPSA) is 23.5 Å². The monoisotopic (exact) mass is 217 g/mol. The van der Waals surface area contributed by atoms with E-state index in [0.29, 0.717) is 6.54 Å². The summed E-state index contributed by atoms with van der Waals surface area (Å²) in [6.07, 6.45) is 0. The van der Waals surface area contributed by atoms with Crippen LogP contribution in [-0.4, -0.2) is 29.2 Å². The van der Waals surface area contributed by atoms with Crippen LogP contribution in [0, 0.1) is 11.8 Å². The van der Waals surface area contributed by atoms with Gasteiger partial charge in [0.15, 0.2) is 0 Å². The summed E-state index contributed by atoms with van der Waals surface area (Å²) in [5, 5.41) is 9.43. The van der Waals surface area contributed by atoms with E-state index in [9.17, 15) is 5.11 Å². The number of hydrogen-bond donors (Lipinski definition) is 1. The standard InChI is InChI=1S/C14H19NO/c1-14(2,16)10-7-11-15(3)12-13-8-5-4-6-9-13/h4-6,8-9,16H,11-12H2,1-3H3. The van der Waals surface area contributed by atoms with Gasteiger partial charge in [0.1, 0.15) is 5.60 Å². The second kappa shape index (κ2) is 5.69. The third-order valence-electron chi connectivity index (χ3n) is 2.04. The molecule has 1 aromatic rings. The number of aliphatic hydroxyl groups is 1. The number of rotatable bonds is 3. The van der Waals surface area contributed by atoms with Gasteiger partial charge < -0.3 is 5.11 Å². The van der Waals surface area contributed by atoms with Crippen LogP contribution in [0.5, 0.6) is 0 Å². The van der Waals surface area contributed by atoms with Gasteiger partial charge in [-0.2, -0.15) is 0 Å². The highest BCUT2D eigenvalue weighted by Crippen LogP contribution is 2.02. The molecule has 0 aliphatic carbocycles. The van der Waals surface area contributed by atoms with E-state index in [-0.39, 0.29) is 0 Å². The molecule has 0 fully saturated rings. The van der Waals surface area contributed by atoms with Crippen LogP contribution in [0.3, 0.4) is 0 Å². The molecule has 0 aromatic heterocycles. The lowest BCUT2D eigenvalue weighted by molar-refractivity contribution is 0.143. The molecule has 2 heteroatoms. The summed E-state index contributed by atoms with van der Waals surface area (Å²) in [6.45, 7) is 4.93. The zero-order valence-corrected chi connectivity index (χ0v) is 10.2. The number of nitrogens with zero attached hydrogens (tertiary/aromatic N) is 1. The summed E-state index contributed by atoms with van der Waals surface area (Å²) in [6, 6.07) is 10.3. The molecule has 0 saturated carbocycles. The molecule has 0 heterocycles. The highest BCUT2D eigenvalue weighted by Gasteiger charge is 2.05. The van der Waals surface area contributed by atoms with E-state index in [4.69, 9.17) is 0 Å². The van der Waals surface area contributed by atoms with Crippen molar-refractivity contribution in [1.29, 1.82) is 0 Å². The Balaban J connectivity index is 2.42. The minimum atomic E-state index is -0.895. The van der Waals surface area contributed by atoms with Crippen molar-refractivity contribution in [2.75, 3.05) is 13.6 Å². The summed E-state index contributed by atoms with van der Waals surface area (Å²) in [5.41, 5.74) is 0.378. The Hall–Kier alpha value is -1.30. The molecule has 0 amide bonds. The zero-order chi connectivity index (χ0) is 12.0. The van der Waals surface area contributed by atoms with Gasteiger partial charge in [-0.25, -0.2) is 0 Å². The lowest BCUT2D eigenvalue weighted by Gasteiger charge is -2.13. The molecule has 0 aliphatic heterocycles. The van der Waals surface area contributed by atoms with Gasteiger partial charge in [0, 0.05) is 6.54 Å². The SMILES string of the molecule is CN(CC#CC(C)(C)O)Cc1ccccc1.